The zero-order valence-corrected chi connectivity index (χ0v) is 11.5. The van der Waals surface area contributed by atoms with E-state index in [0.717, 1.165) is 5.01 Å². The molecule has 2 heterocycles. The summed E-state index contributed by atoms with van der Waals surface area (Å²) in [5, 5.41) is 6.07. The van der Waals surface area contributed by atoms with Gasteiger partial charge < -0.3 is 10.1 Å². The molecule has 1 unspecified atom stereocenters. The monoisotopic (exact) mass is 285 g/mol. The minimum atomic E-state index is -0.00190. The van der Waals surface area contributed by atoms with Gasteiger partial charge in [-0.1, -0.05) is 0 Å². The number of aromatic nitrogens is 4. The molecule has 0 amide bonds. The lowest BCUT2D eigenvalue weighted by atomic mass is 10.4. The second-order valence-corrected chi connectivity index (χ2v) is 4.64. The van der Waals surface area contributed by atoms with E-state index < -0.39 is 0 Å². The summed E-state index contributed by atoms with van der Waals surface area (Å²) in [6, 6.07) is 0.212. The Morgan fingerprint density at radius 3 is 2.94 bits per heavy atom. The molecule has 0 spiro atoms. The first kappa shape index (κ1) is 13.0. The van der Waals surface area contributed by atoms with Gasteiger partial charge in [0.1, 0.15) is 5.01 Å². The van der Waals surface area contributed by atoms with Gasteiger partial charge in [-0.3, -0.25) is 0 Å². The third kappa shape index (κ3) is 3.27. The maximum Gasteiger partial charge on any atom is 0.322 e. The van der Waals surface area contributed by atoms with Crippen molar-refractivity contribution in [3.05, 3.63) is 21.9 Å². The van der Waals surface area contributed by atoms with Crippen LogP contribution >= 0.6 is 22.9 Å². The highest BCUT2D eigenvalue weighted by Gasteiger charge is 2.11. The van der Waals surface area contributed by atoms with Crippen LogP contribution in [0.25, 0.3) is 0 Å². The van der Waals surface area contributed by atoms with Gasteiger partial charge in [0.05, 0.1) is 12.6 Å². The first-order chi connectivity index (χ1) is 8.69. The SMILES string of the molecule is CCOc1nc(Cl)nc(NC(C)c2nccs2)n1. The first-order valence-corrected chi connectivity index (χ1v) is 6.65. The van der Waals surface area contributed by atoms with Crippen molar-refractivity contribution in [2.45, 2.75) is 19.9 Å². The van der Waals surface area contributed by atoms with E-state index in [1.54, 1.807) is 17.5 Å². The maximum absolute atomic E-state index is 5.80. The number of hydrogen-bond acceptors (Lipinski definition) is 7. The highest BCUT2D eigenvalue weighted by molar-refractivity contribution is 7.09. The predicted molar refractivity (Wildman–Crippen MR) is 70.2 cm³/mol. The zero-order chi connectivity index (χ0) is 13.0. The lowest BCUT2D eigenvalue weighted by molar-refractivity contribution is 0.312. The molecule has 0 aliphatic carbocycles. The zero-order valence-electron chi connectivity index (χ0n) is 9.92. The molecule has 2 aromatic rings. The summed E-state index contributed by atoms with van der Waals surface area (Å²) in [5.74, 6) is 0.376. The summed E-state index contributed by atoms with van der Waals surface area (Å²) < 4.78 is 5.20. The Bertz CT molecular complexity index is 507. The molecule has 18 heavy (non-hydrogen) atoms. The van der Waals surface area contributed by atoms with Crippen molar-refractivity contribution < 1.29 is 4.74 Å². The molecule has 6 nitrogen and oxygen atoms in total. The number of nitrogens with one attached hydrogen (secondary N) is 1. The average Bonchev–Trinajstić information content (AvgIpc) is 2.81. The number of rotatable bonds is 5. The van der Waals surface area contributed by atoms with Gasteiger partial charge in [0.15, 0.2) is 0 Å². The van der Waals surface area contributed by atoms with Crippen LogP contribution in [0.3, 0.4) is 0 Å². The van der Waals surface area contributed by atoms with Crippen LogP contribution in [-0.2, 0) is 0 Å². The molecule has 1 N–H and O–H groups in total. The molecule has 96 valence electrons. The molecule has 2 aromatic heterocycles. The van der Waals surface area contributed by atoms with Crippen molar-refractivity contribution in [3.63, 3.8) is 0 Å². The molecule has 0 aromatic carbocycles. The molecule has 8 heteroatoms. The second kappa shape index (κ2) is 5.92. The lowest BCUT2D eigenvalue weighted by Gasteiger charge is -2.11. The van der Waals surface area contributed by atoms with Gasteiger partial charge in [-0.2, -0.15) is 15.0 Å². The Labute approximate surface area is 113 Å². The van der Waals surface area contributed by atoms with Gasteiger partial charge in [-0.25, -0.2) is 4.98 Å². The van der Waals surface area contributed by atoms with E-state index in [1.807, 2.05) is 19.2 Å². The Kier molecular flexibility index (Phi) is 4.27. The van der Waals surface area contributed by atoms with Crippen LogP contribution in [0.5, 0.6) is 6.01 Å². The van der Waals surface area contributed by atoms with Gasteiger partial charge in [0.2, 0.25) is 11.2 Å². The quantitative estimate of drug-likeness (QED) is 0.910. The number of hydrogen-bond donors (Lipinski definition) is 1. The molecule has 0 saturated heterocycles. The van der Waals surface area contributed by atoms with Crippen LogP contribution in [0.15, 0.2) is 11.6 Å². The van der Waals surface area contributed by atoms with E-state index in [9.17, 15) is 0 Å². The van der Waals surface area contributed by atoms with Gasteiger partial charge in [-0.05, 0) is 25.4 Å². The van der Waals surface area contributed by atoms with Crippen molar-refractivity contribution >= 4 is 28.9 Å². The van der Waals surface area contributed by atoms with Crippen LogP contribution in [0.1, 0.15) is 24.9 Å². The predicted octanol–water partition coefficient (Wildman–Crippen LogP) is 2.55. The minimum Gasteiger partial charge on any atom is -0.464 e. The molecule has 0 saturated carbocycles. The fourth-order valence-corrected chi connectivity index (χ4v) is 2.09. The molecule has 0 aliphatic rings. The molecule has 0 fully saturated rings. The molecular formula is C10H12ClN5OS. The Balaban J connectivity index is 2.13. The van der Waals surface area contributed by atoms with E-state index in [0.29, 0.717) is 12.6 Å². The summed E-state index contributed by atoms with van der Waals surface area (Å²) in [5.41, 5.74) is 0. The largest absolute Gasteiger partial charge is 0.464 e. The molecule has 1 atom stereocenters. The van der Waals surface area contributed by atoms with Crippen molar-refractivity contribution in [2.24, 2.45) is 0 Å². The normalized spacial score (nSPS) is 12.2. The van der Waals surface area contributed by atoms with Crippen LogP contribution in [0.4, 0.5) is 5.95 Å². The van der Waals surface area contributed by atoms with E-state index in [2.05, 4.69) is 25.3 Å². The van der Waals surface area contributed by atoms with Crippen LogP contribution in [0, 0.1) is 0 Å². The second-order valence-electron chi connectivity index (χ2n) is 3.38. The topological polar surface area (TPSA) is 72.8 Å². The molecule has 0 bridgehead atoms. The number of ether oxygens (including phenoxy) is 1. The third-order valence-corrected chi connectivity index (χ3v) is 3.16. The van der Waals surface area contributed by atoms with Crippen LogP contribution in [0.2, 0.25) is 5.28 Å². The summed E-state index contributed by atoms with van der Waals surface area (Å²) >= 11 is 7.36. The number of nitrogens with zero attached hydrogens (tertiary/aromatic N) is 4. The third-order valence-electron chi connectivity index (χ3n) is 2.03. The number of anilines is 1. The highest BCUT2D eigenvalue weighted by Crippen LogP contribution is 2.20. The number of halogens is 1. The Morgan fingerprint density at radius 1 is 1.44 bits per heavy atom. The molecule has 0 radical (unpaired) electrons. The summed E-state index contributed by atoms with van der Waals surface area (Å²) in [6.07, 6.45) is 1.75. The van der Waals surface area contributed by atoms with E-state index in [-0.39, 0.29) is 17.3 Å². The van der Waals surface area contributed by atoms with Crippen molar-refractivity contribution in [1.29, 1.82) is 0 Å². The van der Waals surface area contributed by atoms with Crippen molar-refractivity contribution in [2.75, 3.05) is 11.9 Å². The van der Waals surface area contributed by atoms with Crippen LogP contribution in [-0.4, -0.2) is 26.5 Å². The Hall–Kier alpha value is -1.47. The van der Waals surface area contributed by atoms with Gasteiger partial charge in [0, 0.05) is 11.6 Å². The van der Waals surface area contributed by atoms with Crippen molar-refractivity contribution in [1.82, 2.24) is 19.9 Å². The summed E-state index contributed by atoms with van der Waals surface area (Å²) in [4.78, 5) is 16.2. The van der Waals surface area contributed by atoms with Gasteiger partial charge in [-0.15, -0.1) is 11.3 Å². The standard InChI is InChI=1S/C10H12ClN5OS/c1-3-17-10-15-8(11)14-9(16-10)13-6(2)7-12-4-5-18-7/h4-6H,3H2,1-2H3,(H,13,14,15,16). The van der Waals surface area contributed by atoms with E-state index in [1.165, 1.54) is 0 Å². The summed E-state index contributed by atoms with van der Waals surface area (Å²) in [7, 11) is 0. The maximum atomic E-state index is 5.80. The molecular weight excluding hydrogens is 274 g/mol. The lowest BCUT2D eigenvalue weighted by Crippen LogP contribution is -2.11. The molecule has 0 aliphatic heterocycles. The fraction of sp³-hybridized carbons (Fsp3) is 0.400. The van der Waals surface area contributed by atoms with Crippen LogP contribution < -0.4 is 10.1 Å². The average molecular weight is 286 g/mol. The minimum absolute atomic E-state index is 0.00190. The van der Waals surface area contributed by atoms with Crippen molar-refractivity contribution in [3.8, 4) is 6.01 Å². The smallest absolute Gasteiger partial charge is 0.322 e. The Morgan fingerprint density at radius 2 is 2.28 bits per heavy atom. The van der Waals surface area contributed by atoms with Gasteiger partial charge in [0.25, 0.3) is 0 Å². The van der Waals surface area contributed by atoms with E-state index >= 15 is 0 Å². The first-order valence-electron chi connectivity index (χ1n) is 5.39. The molecule has 2 rings (SSSR count). The highest BCUT2D eigenvalue weighted by atomic mass is 35.5. The summed E-state index contributed by atoms with van der Waals surface area (Å²) in [6.45, 7) is 4.29. The fourth-order valence-electron chi connectivity index (χ4n) is 1.29. The van der Waals surface area contributed by atoms with E-state index in [4.69, 9.17) is 16.3 Å². The van der Waals surface area contributed by atoms with Gasteiger partial charge >= 0.3 is 6.01 Å². The number of thiazole rings is 1.